The monoisotopic (exact) mass is 588 g/mol. The van der Waals surface area contributed by atoms with Crippen LogP contribution in [-0.2, 0) is 14.8 Å². The molecule has 1 saturated heterocycles. The molecule has 1 heterocycles. The van der Waals surface area contributed by atoms with Gasteiger partial charge in [0.05, 0.1) is 16.7 Å². The Morgan fingerprint density at radius 2 is 1.79 bits per heavy atom. The normalized spacial score (nSPS) is 26.7. The highest BCUT2D eigenvalue weighted by Gasteiger charge is 2.54. The van der Waals surface area contributed by atoms with Crippen LogP contribution in [0.3, 0.4) is 0 Å². The summed E-state index contributed by atoms with van der Waals surface area (Å²) < 4.78 is 29.1. The maximum Gasteiger partial charge on any atom is 0.229 e. The van der Waals surface area contributed by atoms with Gasteiger partial charge in [-0.05, 0) is 86.3 Å². The van der Waals surface area contributed by atoms with Crippen molar-refractivity contribution in [1.82, 2.24) is 9.62 Å². The first-order chi connectivity index (χ1) is 18.7. The molecule has 0 bridgehead atoms. The predicted molar refractivity (Wildman–Crippen MR) is 158 cm³/mol. The molecule has 5 nitrogen and oxygen atoms in total. The van der Waals surface area contributed by atoms with Crippen LogP contribution in [0.2, 0.25) is 10.0 Å². The summed E-state index contributed by atoms with van der Waals surface area (Å²) in [4.78, 5) is 16.8. The predicted octanol–water partition coefficient (Wildman–Crippen LogP) is 7.27. The maximum absolute atomic E-state index is 14.7. The van der Waals surface area contributed by atoms with E-state index in [4.69, 9.17) is 23.2 Å². The topological polar surface area (TPSA) is 66.5 Å². The largest absolute Gasteiger partial charge is 0.330 e. The molecule has 1 amide bonds. The summed E-state index contributed by atoms with van der Waals surface area (Å²) >= 11 is 12.8. The lowest BCUT2D eigenvalue weighted by atomic mass is 9.65. The molecule has 3 aliphatic rings. The van der Waals surface area contributed by atoms with E-state index >= 15 is 0 Å². The molecule has 3 fully saturated rings. The second kappa shape index (κ2) is 11.6. The van der Waals surface area contributed by atoms with Crippen LogP contribution < -0.4 is 4.72 Å². The standard InChI is InChI=1S/C31H38Cl2N2O3S/c1-3-17-31(4-2)19-27(23-7-5-8-25(33)18-23)29(22-13-15-24(32)16-14-22)35(30(31)36)28(21-11-12-21)20-34-39(37,38)26-9-6-10-26/h3,5,7-8,13-16,18,21,26-29,34H,1,4,6,9-12,17,19-20H2,2H3/t27-,28?,29?,31+/m1/s1. The summed E-state index contributed by atoms with van der Waals surface area (Å²) in [5.74, 6) is 0.305. The molecule has 2 saturated carbocycles. The summed E-state index contributed by atoms with van der Waals surface area (Å²) in [6, 6.07) is 15.1. The molecule has 8 heteroatoms. The van der Waals surface area contributed by atoms with E-state index in [1.54, 1.807) is 0 Å². The number of sulfonamides is 1. The Morgan fingerprint density at radius 3 is 2.36 bits per heavy atom. The van der Waals surface area contributed by atoms with Gasteiger partial charge in [-0.2, -0.15) is 0 Å². The lowest BCUT2D eigenvalue weighted by molar-refractivity contribution is -0.156. The molecule has 0 spiro atoms. The third-order valence-corrected chi connectivity index (χ3v) is 11.6. The molecule has 39 heavy (non-hydrogen) atoms. The van der Waals surface area contributed by atoms with E-state index < -0.39 is 15.4 Å². The quantitative estimate of drug-likeness (QED) is 0.280. The zero-order chi connectivity index (χ0) is 27.8. The van der Waals surface area contributed by atoms with Gasteiger partial charge in [-0.15, -0.1) is 6.58 Å². The van der Waals surface area contributed by atoms with Gasteiger partial charge in [-0.1, -0.05) is 66.9 Å². The van der Waals surface area contributed by atoms with Crippen molar-refractivity contribution in [1.29, 1.82) is 0 Å². The minimum Gasteiger partial charge on any atom is -0.330 e. The summed E-state index contributed by atoms with van der Waals surface area (Å²) in [7, 11) is -3.42. The lowest BCUT2D eigenvalue weighted by Crippen LogP contribution is -2.59. The second-order valence-corrected chi connectivity index (χ2v) is 14.5. The molecule has 2 unspecified atom stereocenters. The fourth-order valence-electron chi connectivity index (χ4n) is 6.52. The van der Waals surface area contributed by atoms with Gasteiger partial charge in [0, 0.05) is 28.5 Å². The summed E-state index contributed by atoms with van der Waals surface area (Å²) in [6.07, 6.45) is 8.06. The van der Waals surface area contributed by atoms with Gasteiger partial charge in [0.25, 0.3) is 0 Å². The fraction of sp³-hybridized carbons (Fsp3) is 0.516. The van der Waals surface area contributed by atoms with E-state index in [9.17, 15) is 13.2 Å². The van der Waals surface area contributed by atoms with E-state index in [1.807, 2.05) is 53.4 Å². The van der Waals surface area contributed by atoms with Gasteiger partial charge in [0.1, 0.15) is 0 Å². The average molecular weight is 590 g/mol. The van der Waals surface area contributed by atoms with E-state index in [-0.39, 0.29) is 41.6 Å². The number of benzene rings is 2. The second-order valence-electron chi connectivity index (χ2n) is 11.6. The number of halogens is 2. The van der Waals surface area contributed by atoms with E-state index in [0.29, 0.717) is 42.1 Å². The summed E-state index contributed by atoms with van der Waals surface area (Å²) in [5, 5.41) is 0.966. The van der Waals surface area contributed by atoms with Crippen molar-refractivity contribution in [3.8, 4) is 0 Å². The molecule has 0 aromatic heterocycles. The van der Waals surface area contributed by atoms with Crippen molar-refractivity contribution in [2.75, 3.05) is 6.54 Å². The van der Waals surface area contributed by atoms with Gasteiger partial charge >= 0.3 is 0 Å². The fourth-order valence-corrected chi connectivity index (χ4v) is 8.44. The minimum absolute atomic E-state index is 0.0352. The van der Waals surface area contributed by atoms with Crippen LogP contribution >= 0.6 is 23.2 Å². The molecule has 2 aromatic rings. The van der Waals surface area contributed by atoms with Crippen LogP contribution in [0.5, 0.6) is 0 Å². The van der Waals surface area contributed by atoms with Crippen LogP contribution in [0.1, 0.15) is 81.4 Å². The Hall–Kier alpha value is -1.86. The van der Waals surface area contributed by atoms with Crippen molar-refractivity contribution >= 4 is 39.1 Å². The first-order valence-corrected chi connectivity index (χ1v) is 16.4. The highest BCUT2D eigenvalue weighted by Crippen LogP contribution is 2.55. The molecule has 210 valence electrons. The highest BCUT2D eigenvalue weighted by molar-refractivity contribution is 7.90. The number of carbonyl (C=O) groups excluding carboxylic acids is 1. The zero-order valence-electron chi connectivity index (χ0n) is 22.5. The number of hydrogen-bond acceptors (Lipinski definition) is 3. The lowest BCUT2D eigenvalue weighted by Gasteiger charge is -2.53. The third kappa shape index (κ3) is 5.81. The molecular formula is C31H38Cl2N2O3S. The van der Waals surface area contributed by atoms with Crippen LogP contribution in [0.15, 0.2) is 61.2 Å². The molecule has 0 radical (unpaired) electrons. The summed E-state index contributed by atoms with van der Waals surface area (Å²) in [6.45, 7) is 6.31. The Balaban J connectivity index is 1.63. The number of rotatable bonds is 11. The molecule has 1 N–H and O–H groups in total. The van der Waals surface area contributed by atoms with Crippen molar-refractivity contribution < 1.29 is 13.2 Å². The number of likely N-dealkylation sites (tertiary alicyclic amines) is 1. The van der Waals surface area contributed by atoms with Gasteiger partial charge in [0.15, 0.2) is 0 Å². The smallest absolute Gasteiger partial charge is 0.229 e. The van der Waals surface area contributed by atoms with E-state index in [1.165, 1.54) is 0 Å². The number of amides is 1. The molecular weight excluding hydrogens is 551 g/mol. The number of nitrogens with one attached hydrogen (secondary N) is 1. The molecule has 5 rings (SSSR count). The van der Waals surface area contributed by atoms with Crippen LogP contribution in [0, 0.1) is 11.3 Å². The Labute approximate surface area is 243 Å². The minimum atomic E-state index is -3.42. The van der Waals surface area contributed by atoms with Crippen LogP contribution in [-0.4, -0.2) is 37.1 Å². The number of nitrogens with zero attached hydrogens (tertiary/aromatic N) is 1. The van der Waals surface area contributed by atoms with Crippen LogP contribution in [0.25, 0.3) is 0 Å². The zero-order valence-corrected chi connectivity index (χ0v) is 24.8. The van der Waals surface area contributed by atoms with E-state index in [2.05, 4.69) is 24.3 Å². The average Bonchev–Trinajstić information content (AvgIpc) is 3.71. The number of piperidine rings is 1. The van der Waals surface area contributed by atoms with E-state index in [0.717, 1.165) is 30.4 Å². The molecule has 1 aliphatic heterocycles. The molecule has 2 aromatic carbocycles. The maximum atomic E-state index is 14.7. The van der Waals surface area contributed by atoms with Crippen LogP contribution in [0.4, 0.5) is 0 Å². The van der Waals surface area contributed by atoms with Crippen molar-refractivity contribution in [3.05, 3.63) is 82.4 Å². The molecule has 4 atom stereocenters. The van der Waals surface area contributed by atoms with Crippen molar-refractivity contribution in [2.45, 2.75) is 81.5 Å². The van der Waals surface area contributed by atoms with Crippen molar-refractivity contribution in [3.63, 3.8) is 0 Å². The first-order valence-electron chi connectivity index (χ1n) is 14.1. The summed E-state index contributed by atoms with van der Waals surface area (Å²) in [5.41, 5.74) is 1.44. The Bertz CT molecular complexity index is 1310. The Morgan fingerprint density at radius 1 is 1.08 bits per heavy atom. The SMILES string of the molecule is C=CC[C@@]1(CC)C[C@H](c2cccc(Cl)c2)C(c2ccc(Cl)cc2)N(C(CNS(=O)(=O)C2CCC2)C2CC2)C1=O. The Kier molecular flexibility index (Phi) is 8.49. The van der Waals surface area contributed by atoms with Gasteiger partial charge in [0.2, 0.25) is 15.9 Å². The first kappa shape index (κ1) is 28.7. The van der Waals surface area contributed by atoms with Gasteiger partial charge < -0.3 is 4.90 Å². The van der Waals surface area contributed by atoms with Gasteiger partial charge in [-0.25, -0.2) is 13.1 Å². The number of allylic oxidation sites excluding steroid dienone is 1. The number of carbonyl (C=O) groups is 1. The van der Waals surface area contributed by atoms with Crippen molar-refractivity contribution in [2.24, 2.45) is 11.3 Å². The number of hydrogen-bond donors (Lipinski definition) is 1. The highest BCUT2D eigenvalue weighted by atomic mass is 35.5. The van der Waals surface area contributed by atoms with Gasteiger partial charge in [-0.3, -0.25) is 4.79 Å². The molecule has 2 aliphatic carbocycles. The third-order valence-electron chi connectivity index (χ3n) is 9.19.